The number of hydrogen-bond donors (Lipinski definition) is 0. The quantitative estimate of drug-likeness (QED) is 0.781. The van der Waals surface area contributed by atoms with Crippen LogP contribution in [0.5, 0.6) is 11.5 Å². The zero-order valence-corrected chi connectivity index (χ0v) is 11.5. The van der Waals surface area contributed by atoms with Gasteiger partial charge in [-0.05, 0) is 55.3 Å². The molecule has 5 heteroatoms. The van der Waals surface area contributed by atoms with Gasteiger partial charge in [0.25, 0.3) is 0 Å². The topological polar surface area (TPSA) is 33.0 Å². The summed E-state index contributed by atoms with van der Waals surface area (Å²) in [6, 6.07) is 10.1. The third-order valence-electron chi connectivity index (χ3n) is 3.13. The Morgan fingerprint density at radius 2 is 1.57 bits per heavy atom. The summed E-state index contributed by atoms with van der Waals surface area (Å²) in [6.45, 7) is 3.86. The highest BCUT2D eigenvalue weighted by Gasteiger charge is 2.33. The molecule has 0 aliphatic carbocycles. The largest absolute Gasteiger partial charge is 0.457 e. The van der Waals surface area contributed by atoms with E-state index in [1.807, 2.05) is 19.9 Å². The van der Waals surface area contributed by atoms with Crippen LogP contribution in [0.4, 0.5) is 13.2 Å². The average Bonchev–Trinajstić information content (AvgIpc) is 2.41. The first-order chi connectivity index (χ1) is 9.81. The summed E-state index contributed by atoms with van der Waals surface area (Å²) in [6.07, 6.45) is -4.55. The second kappa shape index (κ2) is 5.49. The van der Waals surface area contributed by atoms with Crippen LogP contribution in [-0.4, -0.2) is 0 Å². The zero-order valence-electron chi connectivity index (χ0n) is 11.5. The molecule has 0 N–H and O–H groups in total. The lowest BCUT2D eigenvalue weighted by Crippen LogP contribution is -2.07. The summed E-state index contributed by atoms with van der Waals surface area (Å²) in [5.74, 6) is 0.713. The molecule has 0 bridgehead atoms. The van der Waals surface area contributed by atoms with Crippen molar-refractivity contribution in [1.29, 1.82) is 5.26 Å². The first-order valence-electron chi connectivity index (χ1n) is 6.17. The molecule has 0 atom stereocenters. The van der Waals surface area contributed by atoms with Gasteiger partial charge < -0.3 is 4.74 Å². The van der Waals surface area contributed by atoms with Crippen LogP contribution in [0.3, 0.4) is 0 Å². The summed E-state index contributed by atoms with van der Waals surface area (Å²) in [5.41, 5.74) is 0.689. The number of aryl methyl sites for hydroxylation is 2. The molecular formula is C16H12F3NO. The maximum atomic E-state index is 12.7. The third-order valence-corrected chi connectivity index (χ3v) is 3.13. The van der Waals surface area contributed by atoms with Gasteiger partial charge in [0.15, 0.2) is 0 Å². The van der Waals surface area contributed by atoms with Gasteiger partial charge in [0.2, 0.25) is 0 Å². The fourth-order valence-electron chi connectivity index (χ4n) is 1.84. The molecule has 108 valence electrons. The van der Waals surface area contributed by atoms with E-state index in [-0.39, 0.29) is 5.75 Å². The number of alkyl halides is 3. The van der Waals surface area contributed by atoms with Crippen LogP contribution in [-0.2, 0) is 6.18 Å². The fraction of sp³-hybridized carbons (Fsp3) is 0.188. The van der Waals surface area contributed by atoms with Gasteiger partial charge in [0.05, 0.1) is 17.2 Å². The number of ether oxygens (including phenoxy) is 1. The summed E-state index contributed by atoms with van der Waals surface area (Å²) in [5, 5.41) is 8.85. The smallest absolute Gasteiger partial charge is 0.417 e. The van der Waals surface area contributed by atoms with Gasteiger partial charge in [0, 0.05) is 0 Å². The van der Waals surface area contributed by atoms with Gasteiger partial charge in [-0.3, -0.25) is 0 Å². The normalized spacial score (nSPS) is 11.0. The van der Waals surface area contributed by atoms with Crippen molar-refractivity contribution in [3.05, 3.63) is 58.7 Å². The number of nitrogens with zero attached hydrogens (tertiary/aromatic N) is 1. The van der Waals surface area contributed by atoms with Crippen molar-refractivity contribution in [2.24, 2.45) is 0 Å². The van der Waals surface area contributed by atoms with Crippen LogP contribution < -0.4 is 4.74 Å². The van der Waals surface area contributed by atoms with Crippen LogP contribution in [0.25, 0.3) is 0 Å². The van der Waals surface area contributed by atoms with Gasteiger partial charge in [-0.25, -0.2) is 0 Å². The van der Waals surface area contributed by atoms with Crippen molar-refractivity contribution in [3.8, 4) is 17.6 Å². The minimum absolute atomic E-state index is 0.197. The second-order valence-electron chi connectivity index (χ2n) is 4.67. The standard InChI is InChI=1S/C16H12F3NO/c1-10-3-4-13(7-11(10)2)21-14-5-6-15(16(17,18)19)12(8-14)9-20/h3-8H,1-2H3. The van der Waals surface area contributed by atoms with E-state index in [1.165, 1.54) is 6.07 Å². The maximum absolute atomic E-state index is 12.7. The van der Waals surface area contributed by atoms with E-state index < -0.39 is 17.3 Å². The highest BCUT2D eigenvalue weighted by molar-refractivity contribution is 5.46. The molecule has 0 radical (unpaired) electrons. The van der Waals surface area contributed by atoms with Crippen LogP contribution >= 0.6 is 0 Å². The molecule has 0 saturated carbocycles. The molecule has 2 aromatic rings. The lowest BCUT2D eigenvalue weighted by atomic mass is 10.1. The molecule has 0 fully saturated rings. The maximum Gasteiger partial charge on any atom is 0.417 e. The highest BCUT2D eigenvalue weighted by Crippen LogP contribution is 2.34. The first-order valence-corrected chi connectivity index (χ1v) is 6.17. The SMILES string of the molecule is Cc1ccc(Oc2ccc(C(F)(F)F)c(C#N)c2)cc1C. The average molecular weight is 291 g/mol. The monoisotopic (exact) mass is 291 g/mol. The van der Waals surface area contributed by atoms with Crippen molar-refractivity contribution in [1.82, 2.24) is 0 Å². The second-order valence-corrected chi connectivity index (χ2v) is 4.67. The fourth-order valence-corrected chi connectivity index (χ4v) is 1.84. The van der Waals surface area contributed by atoms with Gasteiger partial charge in [-0.2, -0.15) is 18.4 Å². The molecule has 0 aliphatic heterocycles. The molecule has 2 aromatic carbocycles. The Morgan fingerprint density at radius 3 is 2.14 bits per heavy atom. The molecule has 0 amide bonds. The van der Waals surface area contributed by atoms with Crippen molar-refractivity contribution < 1.29 is 17.9 Å². The van der Waals surface area contributed by atoms with E-state index in [4.69, 9.17) is 10.00 Å². The van der Waals surface area contributed by atoms with Crippen LogP contribution in [0.15, 0.2) is 36.4 Å². The van der Waals surface area contributed by atoms with Crippen molar-refractivity contribution in [2.45, 2.75) is 20.0 Å². The van der Waals surface area contributed by atoms with Gasteiger partial charge in [-0.15, -0.1) is 0 Å². The molecule has 0 aliphatic rings. The van der Waals surface area contributed by atoms with Gasteiger partial charge >= 0.3 is 6.18 Å². The van der Waals surface area contributed by atoms with Crippen LogP contribution in [0.2, 0.25) is 0 Å². The molecule has 2 rings (SSSR count). The van der Waals surface area contributed by atoms with Crippen molar-refractivity contribution in [2.75, 3.05) is 0 Å². The number of hydrogen-bond acceptors (Lipinski definition) is 2. The lowest BCUT2D eigenvalue weighted by molar-refractivity contribution is -0.137. The minimum atomic E-state index is -4.55. The summed E-state index contributed by atoms with van der Waals surface area (Å²) < 4.78 is 43.6. The Bertz CT molecular complexity index is 714. The third kappa shape index (κ3) is 3.34. The Balaban J connectivity index is 2.34. The first kappa shape index (κ1) is 14.9. The highest BCUT2D eigenvalue weighted by atomic mass is 19.4. The molecular weight excluding hydrogens is 279 g/mol. The van der Waals surface area contributed by atoms with Gasteiger partial charge in [0.1, 0.15) is 11.5 Å². The van der Waals surface area contributed by atoms with E-state index in [1.54, 1.807) is 18.2 Å². The molecule has 2 nitrogen and oxygen atoms in total. The molecule has 21 heavy (non-hydrogen) atoms. The van der Waals surface area contributed by atoms with Crippen molar-refractivity contribution >= 4 is 0 Å². The number of benzene rings is 2. The van der Waals surface area contributed by atoms with Crippen LogP contribution in [0, 0.1) is 25.2 Å². The molecule has 0 spiro atoms. The van der Waals surface area contributed by atoms with E-state index in [0.717, 1.165) is 23.3 Å². The number of halogens is 3. The van der Waals surface area contributed by atoms with Gasteiger partial charge in [-0.1, -0.05) is 6.07 Å². The Morgan fingerprint density at radius 1 is 0.952 bits per heavy atom. The molecule has 0 heterocycles. The van der Waals surface area contributed by atoms with Crippen molar-refractivity contribution in [3.63, 3.8) is 0 Å². The molecule has 0 unspecified atom stereocenters. The molecule has 0 aromatic heterocycles. The molecule has 0 saturated heterocycles. The summed E-state index contributed by atoms with van der Waals surface area (Å²) in [7, 11) is 0. The Kier molecular flexibility index (Phi) is 3.90. The predicted molar refractivity (Wildman–Crippen MR) is 72.1 cm³/mol. The van der Waals surface area contributed by atoms with E-state index in [9.17, 15) is 13.2 Å². The summed E-state index contributed by atoms with van der Waals surface area (Å²) in [4.78, 5) is 0. The number of rotatable bonds is 2. The number of nitriles is 1. The van der Waals surface area contributed by atoms with Crippen LogP contribution in [0.1, 0.15) is 22.3 Å². The lowest BCUT2D eigenvalue weighted by Gasteiger charge is -2.11. The van der Waals surface area contributed by atoms with E-state index in [0.29, 0.717) is 5.75 Å². The summed E-state index contributed by atoms with van der Waals surface area (Å²) >= 11 is 0. The Hall–Kier alpha value is -2.48. The van der Waals surface area contributed by atoms with E-state index >= 15 is 0 Å². The minimum Gasteiger partial charge on any atom is -0.457 e. The predicted octanol–water partition coefficient (Wildman–Crippen LogP) is 4.99. The van der Waals surface area contributed by atoms with E-state index in [2.05, 4.69) is 0 Å². The Labute approximate surface area is 120 Å². The zero-order chi connectivity index (χ0) is 15.6.